The van der Waals surface area contributed by atoms with Crippen LogP contribution >= 0.6 is 0 Å². The normalized spacial score (nSPS) is 18.8. The zero-order chi connectivity index (χ0) is 19.7. The molecule has 4 rings (SSSR count). The Balaban J connectivity index is 1.53. The van der Waals surface area contributed by atoms with Crippen LogP contribution in [0.25, 0.3) is 0 Å². The van der Waals surface area contributed by atoms with E-state index < -0.39 is 23.8 Å². The van der Waals surface area contributed by atoms with Gasteiger partial charge in [0.2, 0.25) is 0 Å². The summed E-state index contributed by atoms with van der Waals surface area (Å²) in [7, 11) is 0. The van der Waals surface area contributed by atoms with Crippen molar-refractivity contribution in [3.05, 3.63) is 71.3 Å². The van der Waals surface area contributed by atoms with Crippen molar-refractivity contribution < 1.29 is 24.0 Å². The molecule has 0 spiro atoms. The Bertz CT molecular complexity index is 921. The molecule has 142 valence electrons. The van der Waals surface area contributed by atoms with Crippen LogP contribution in [0.2, 0.25) is 0 Å². The van der Waals surface area contributed by atoms with Gasteiger partial charge in [-0.25, -0.2) is 4.79 Å². The van der Waals surface area contributed by atoms with E-state index in [1.165, 1.54) is 17.0 Å². The van der Waals surface area contributed by atoms with Gasteiger partial charge in [-0.3, -0.25) is 14.4 Å². The molecule has 1 saturated heterocycles. The van der Waals surface area contributed by atoms with Gasteiger partial charge in [0.25, 0.3) is 17.7 Å². The number of benzene rings is 2. The van der Waals surface area contributed by atoms with Crippen LogP contribution in [0.4, 0.5) is 0 Å². The van der Waals surface area contributed by atoms with Crippen molar-refractivity contribution in [1.29, 1.82) is 0 Å². The van der Waals surface area contributed by atoms with Gasteiger partial charge >= 0.3 is 5.97 Å². The summed E-state index contributed by atoms with van der Waals surface area (Å²) in [5.74, 6) is -2.40. The first-order valence-corrected chi connectivity index (χ1v) is 9.13. The lowest BCUT2D eigenvalue weighted by molar-refractivity contribution is -0.175. The lowest BCUT2D eigenvalue weighted by atomic mass is 10.0. The molecule has 0 radical (unpaired) electrons. The van der Waals surface area contributed by atoms with Crippen molar-refractivity contribution in [2.24, 2.45) is 0 Å². The van der Waals surface area contributed by atoms with Crippen LogP contribution in [0.1, 0.15) is 50.3 Å². The van der Waals surface area contributed by atoms with Crippen molar-refractivity contribution in [3.63, 3.8) is 0 Å². The van der Waals surface area contributed by atoms with Crippen LogP contribution in [0.15, 0.2) is 54.6 Å². The Morgan fingerprint density at radius 2 is 1.46 bits per heavy atom. The molecule has 2 heterocycles. The Morgan fingerprint density at radius 3 is 2.11 bits per heavy atom. The Kier molecular flexibility index (Phi) is 4.65. The van der Waals surface area contributed by atoms with Crippen LogP contribution in [-0.4, -0.2) is 46.2 Å². The molecule has 1 atom stereocenters. The molecular formula is C21H18N2O5. The molecule has 3 amide bonds. The van der Waals surface area contributed by atoms with Crippen molar-refractivity contribution >= 4 is 23.7 Å². The summed E-state index contributed by atoms with van der Waals surface area (Å²) in [4.78, 5) is 57.1. The maximum atomic E-state index is 12.8. The molecule has 2 aliphatic heterocycles. The van der Waals surface area contributed by atoms with E-state index in [1.807, 2.05) is 0 Å². The minimum Gasteiger partial charge on any atom is -0.327 e. The number of carbonyl (C=O) groups excluding carboxylic acids is 4. The molecule has 1 fully saturated rings. The summed E-state index contributed by atoms with van der Waals surface area (Å²) < 4.78 is 0. The smallest absolute Gasteiger partial charge is 0.327 e. The molecule has 0 aliphatic carbocycles. The monoisotopic (exact) mass is 378 g/mol. The zero-order valence-electron chi connectivity index (χ0n) is 15.0. The predicted octanol–water partition coefficient (Wildman–Crippen LogP) is 2.44. The summed E-state index contributed by atoms with van der Waals surface area (Å²) in [5.41, 5.74) is 0.866. The molecule has 28 heavy (non-hydrogen) atoms. The maximum absolute atomic E-state index is 12.8. The van der Waals surface area contributed by atoms with E-state index >= 15 is 0 Å². The average Bonchev–Trinajstić information content (AvgIpc) is 2.99. The van der Waals surface area contributed by atoms with E-state index in [0.717, 1.165) is 12.8 Å². The summed E-state index contributed by atoms with van der Waals surface area (Å²) in [5, 5.41) is 0.493. The molecule has 2 aliphatic rings. The minimum atomic E-state index is -0.842. The fraction of sp³-hybridized carbons (Fsp3) is 0.238. The Labute approximate surface area is 161 Å². The number of amides is 3. The number of imide groups is 1. The predicted molar refractivity (Wildman–Crippen MR) is 98.2 cm³/mol. The van der Waals surface area contributed by atoms with Crippen molar-refractivity contribution in [2.75, 3.05) is 6.54 Å². The number of likely N-dealkylation sites (tertiary alicyclic amines) is 1. The number of fused-ring (bicyclic) bond motifs is 1. The summed E-state index contributed by atoms with van der Waals surface area (Å²) in [6, 6.07) is 14.1. The summed E-state index contributed by atoms with van der Waals surface area (Å²) in [6.07, 6.45) is 1.94. The van der Waals surface area contributed by atoms with E-state index in [-0.39, 0.29) is 17.0 Å². The van der Waals surface area contributed by atoms with Gasteiger partial charge in [0, 0.05) is 12.1 Å². The maximum Gasteiger partial charge on any atom is 0.355 e. The topological polar surface area (TPSA) is 84.0 Å². The van der Waals surface area contributed by atoms with Gasteiger partial charge in [-0.1, -0.05) is 35.4 Å². The number of rotatable bonds is 3. The van der Waals surface area contributed by atoms with Crippen molar-refractivity contribution in [3.8, 4) is 0 Å². The van der Waals surface area contributed by atoms with Crippen LogP contribution in [0.5, 0.6) is 0 Å². The van der Waals surface area contributed by atoms with Crippen LogP contribution in [0.3, 0.4) is 0 Å². The second-order valence-corrected chi connectivity index (χ2v) is 6.74. The van der Waals surface area contributed by atoms with Gasteiger partial charge in [0.15, 0.2) is 0 Å². The quantitative estimate of drug-likeness (QED) is 0.766. The molecule has 0 N–H and O–H groups in total. The van der Waals surface area contributed by atoms with Gasteiger partial charge in [-0.2, -0.15) is 0 Å². The lowest BCUT2D eigenvalue weighted by Gasteiger charge is -2.34. The summed E-state index contributed by atoms with van der Waals surface area (Å²) >= 11 is 0. The second kappa shape index (κ2) is 7.26. The first-order valence-electron chi connectivity index (χ1n) is 9.13. The highest BCUT2D eigenvalue weighted by Gasteiger charge is 2.42. The van der Waals surface area contributed by atoms with Crippen molar-refractivity contribution in [1.82, 2.24) is 9.96 Å². The molecule has 7 heteroatoms. The van der Waals surface area contributed by atoms with Crippen LogP contribution in [0, 0.1) is 0 Å². The third-order valence-corrected chi connectivity index (χ3v) is 4.99. The SMILES string of the molecule is O=C(ON1C(=O)c2ccccc2C1=O)C1CCCCN1C(=O)c1ccccc1. The second-order valence-electron chi connectivity index (χ2n) is 6.74. The number of piperidine rings is 1. The molecule has 7 nitrogen and oxygen atoms in total. The molecule has 2 aromatic carbocycles. The number of hydrogen-bond acceptors (Lipinski definition) is 5. The van der Waals surface area contributed by atoms with Gasteiger partial charge in [-0.15, -0.1) is 0 Å². The van der Waals surface area contributed by atoms with Gasteiger partial charge < -0.3 is 9.74 Å². The Hall–Kier alpha value is -3.48. The Morgan fingerprint density at radius 1 is 0.857 bits per heavy atom. The zero-order valence-corrected chi connectivity index (χ0v) is 15.0. The number of hydroxylamine groups is 2. The molecule has 1 unspecified atom stereocenters. The van der Waals surface area contributed by atoms with Gasteiger partial charge in [-0.05, 0) is 43.5 Å². The first kappa shape index (κ1) is 17.9. The first-order chi connectivity index (χ1) is 13.6. The van der Waals surface area contributed by atoms with Gasteiger partial charge in [0.1, 0.15) is 6.04 Å². The molecule has 0 bridgehead atoms. The molecular weight excluding hydrogens is 360 g/mol. The number of carbonyl (C=O) groups is 4. The van der Waals surface area contributed by atoms with E-state index in [2.05, 4.69) is 0 Å². The summed E-state index contributed by atoms with van der Waals surface area (Å²) in [6.45, 7) is 0.412. The largest absolute Gasteiger partial charge is 0.355 e. The number of nitrogens with zero attached hydrogens (tertiary/aromatic N) is 2. The molecule has 0 aromatic heterocycles. The third kappa shape index (κ3) is 3.05. The van der Waals surface area contributed by atoms with Crippen LogP contribution < -0.4 is 0 Å². The highest BCUT2D eigenvalue weighted by atomic mass is 16.7. The van der Waals surface area contributed by atoms with Gasteiger partial charge in [0.05, 0.1) is 11.1 Å². The fourth-order valence-corrected chi connectivity index (χ4v) is 3.57. The number of hydrogen-bond donors (Lipinski definition) is 0. The van der Waals surface area contributed by atoms with Crippen molar-refractivity contribution in [2.45, 2.75) is 25.3 Å². The molecule has 2 aromatic rings. The van der Waals surface area contributed by atoms with Crippen LogP contribution in [-0.2, 0) is 9.63 Å². The third-order valence-electron chi connectivity index (χ3n) is 4.99. The van der Waals surface area contributed by atoms with E-state index in [1.54, 1.807) is 42.5 Å². The minimum absolute atomic E-state index is 0.196. The van der Waals surface area contributed by atoms with E-state index in [9.17, 15) is 19.2 Å². The molecule has 0 saturated carbocycles. The lowest BCUT2D eigenvalue weighted by Crippen LogP contribution is -2.50. The fourth-order valence-electron chi connectivity index (χ4n) is 3.57. The highest BCUT2D eigenvalue weighted by Crippen LogP contribution is 2.25. The van der Waals surface area contributed by atoms with E-state index in [0.29, 0.717) is 23.6 Å². The standard InChI is InChI=1S/C21H18N2O5/c24-18(14-8-2-1-3-9-14)22-13-7-6-12-17(22)21(27)28-23-19(25)15-10-4-5-11-16(15)20(23)26/h1-5,8-11,17H,6-7,12-13H2. The highest BCUT2D eigenvalue weighted by molar-refractivity contribution is 6.21. The van der Waals surface area contributed by atoms with E-state index in [4.69, 9.17) is 4.84 Å². The average molecular weight is 378 g/mol.